The molecule has 1 aromatic rings. The van der Waals surface area contributed by atoms with Gasteiger partial charge in [0.2, 0.25) is 5.91 Å². The monoisotopic (exact) mass is 407 g/mol. The molecule has 1 amide bonds. The molecular weight excluding hydrogens is 374 g/mol. The van der Waals surface area contributed by atoms with Crippen molar-refractivity contribution in [1.29, 1.82) is 0 Å². The zero-order valence-corrected chi connectivity index (χ0v) is 18.1. The standard InChI is InChI=1S/C21H34ClN5O/c1-4-27(5-2)19(17-9-6-7-10-18(17)22)15-25-21(23-3)24-14-8-11-20(28)26-16-12-13-16/h6-7,9-10,16,19H,4-5,8,11-15H2,1-3H3,(H,26,28)(H2,23,24,25). The van der Waals surface area contributed by atoms with Crippen molar-refractivity contribution < 1.29 is 4.79 Å². The van der Waals surface area contributed by atoms with E-state index in [0.29, 0.717) is 25.6 Å². The number of rotatable bonds is 11. The molecule has 1 atom stereocenters. The van der Waals surface area contributed by atoms with Crippen LogP contribution in [0, 0.1) is 0 Å². The number of halogens is 1. The van der Waals surface area contributed by atoms with Crippen LogP contribution in [-0.4, -0.2) is 56.0 Å². The van der Waals surface area contributed by atoms with E-state index in [-0.39, 0.29) is 11.9 Å². The SMILES string of the molecule is CCN(CC)C(CNC(=NC)NCCCC(=O)NC1CC1)c1ccccc1Cl. The first-order valence-corrected chi connectivity index (χ1v) is 10.7. The second-order valence-electron chi connectivity index (χ2n) is 7.08. The Kier molecular flexibility index (Phi) is 9.58. The van der Waals surface area contributed by atoms with Gasteiger partial charge in [-0.1, -0.05) is 43.6 Å². The highest BCUT2D eigenvalue weighted by molar-refractivity contribution is 6.31. The Balaban J connectivity index is 1.83. The molecule has 1 aliphatic carbocycles. The van der Waals surface area contributed by atoms with Crippen LogP contribution >= 0.6 is 11.6 Å². The van der Waals surface area contributed by atoms with Crippen molar-refractivity contribution in [3.63, 3.8) is 0 Å². The molecule has 1 fully saturated rings. The molecule has 2 rings (SSSR count). The zero-order chi connectivity index (χ0) is 20.4. The van der Waals surface area contributed by atoms with E-state index in [1.807, 2.05) is 18.2 Å². The van der Waals surface area contributed by atoms with E-state index in [0.717, 1.165) is 48.9 Å². The predicted octanol–water partition coefficient (Wildman–Crippen LogP) is 2.95. The summed E-state index contributed by atoms with van der Waals surface area (Å²) in [5.74, 6) is 0.888. The van der Waals surface area contributed by atoms with Crippen LogP contribution in [0.4, 0.5) is 0 Å². The molecule has 6 nitrogen and oxygen atoms in total. The minimum Gasteiger partial charge on any atom is -0.356 e. The molecule has 0 spiro atoms. The van der Waals surface area contributed by atoms with Gasteiger partial charge in [0.15, 0.2) is 5.96 Å². The Morgan fingerprint density at radius 3 is 2.57 bits per heavy atom. The number of amides is 1. The lowest BCUT2D eigenvalue weighted by molar-refractivity contribution is -0.121. The minimum atomic E-state index is 0.146. The van der Waals surface area contributed by atoms with Gasteiger partial charge in [0.25, 0.3) is 0 Å². The van der Waals surface area contributed by atoms with E-state index in [4.69, 9.17) is 11.6 Å². The number of hydrogen-bond acceptors (Lipinski definition) is 3. The fourth-order valence-corrected chi connectivity index (χ4v) is 3.50. The highest BCUT2D eigenvalue weighted by Gasteiger charge is 2.23. The summed E-state index contributed by atoms with van der Waals surface area (Å²) >= 11 is 6.46. The van der Waals surface area contributed by atoms with Crippen LogP contribution in [0.1, 0.15) is 51.1 Å². The summed E-state index contributed by atoms with van der Waals surface area (Å²) < 4.78 is 0. The molecule has 156 valence electrons. The number of hydrogen-bond donors (Lipinski definition) is 3. The van der Waals surface area contributed by atoms with Crippen LogP contribution in [0.2, 0.25) is 5.02 Å². The van der Waals surface area contributed by atoms with Gasteiger partial charge in [-0.3, -0.25) is 14.7 Å². The topological polar surface area (TPSA) is 68.8 Å². The number of benzene rings is 1. The molecule has 0 heterocycles. The van der Waals surface area contributed by atoms with Crippen LogP contribution < -0.4 is 16.0 Å². The Morgan fingerprint density at radius 2 is 1.96 bits per heavy atom. The van der Waals surface area contributed by atoms with Crippen LogP contribution in [0.3, 0.4) is 0 Å². The van der Waals surface area contributed by atoms with Gasteiger partial charge in [0.05, 0.1) is 6.04 Å². The van der Waals surface area contributed by atoms with Gasteiger partial charge in [0, 0.05) is 37.6 Å². The molecule has 28 heavy (non-hydrogen) atoms. The molecule has 0 aromatic heterocycles. The maximum atomic E-state index is 11.7. The van der Waals surface area contributed by atoms with Gasteiger partial charge in [-0.25, -0.2) is 0 Å². The summed E-state index contributed by atoms with van der Waals surface area (Å²) in [4.78, 5) is 18.4. The predicted molar refractivity (Wildman–Crippen MR) is 117 cm³/mol. The first-order chi connectivity index (χ1) is 13.6. The molecule has 7 heteroatoms. The Morgan fingerprint density at radius 1 is 1.25 bits per heavy atom. The molecule has 1 aromatic carbocycles. The fraction of sp³-hybridized carbons (Fsp3) is 0.619. The first-order valence-electron chi connectivity index (χ1n) is 10.3. The van der Waals surface area contributed by atoms with E-state index in [1.165, 1.54) is 0 Å². The Bertz CT molecular complexity index is 643. The highest BCUT2D eigenvalue weighted by atomic mass is 35.5. The third-order valence-corrected chi connectivity index (χ3v) is 5.36. The summed E-state index contributed by atoms with van der Waals surface area (Å²) in [6.07, 6.45) is 3.57. The van der Waals surface area contributed by atoms with Gasteiger partial charge in [-0.05, 0) is 44.0 Å². The molecule has 1 saturated carbocycles. The number of carbonyl (C=O) groups is 1. The van der Waals surface area contributed by atoms with Crippen LogP contribution in [0.5, 0.6) is 0 Å². The number of nitrogens with zero attached hydrogens (tertiary/aromatic N) is 2. The van der Waals surface area contributed by atoms with Crippen molar-refractivity contribution in [2.75, 3.05) is 33.2 Å². The number of nitrogens with one attached hydrogen (secondary N) is 3. The van der Waals surface area contributed by atoms with Crippen molar-refractivity contribution in [1.82, 2.24) is 20.9 Å². The molecule has 0 aliphatic heterocycles. The molecule has 0 radical (unpaired) electrons. The minimum absolute atomic E-state index is 0.146. The molecule has 1 aliphatic rings. The second kappa shape index (κ2) is 11.9. The zero-order valence-electron chi connectivity index (χ0n) is 17.3. The van der Waals surface area contributed by atoms with Gasteiger partial charge in [0.1, 0.15) is 0 Å². The summed E-state index contributed by atoms with van der Waals surface area (Å²) in [5.41, 5.74) is 1.12. The van der Waals surface area contributed by atoms with Crippen molar-refractivity contribution in [2.24, 2.45) is 4.99 Å². The first kappa shape index (κ1) is 22.5. The summed E-state index contributed by atoms with van der Waals surface area (Å²) in [5, 5.41) is 10.5. The van der Waals surface area contributed by atoms with E-state index >= 15 is 0 Å². The van der Waals surface area contributed by atoms with Gasteiger partial charge < -0.3 is 16.0 Å². The van der Waals surface area contributed by atoms with Gasteiger partial charge in [-0.15, -0.1) is 0 Å². The quantitative estimate of drug-likeness (QED) is 0.299. The van der Waals surface area contributed by atoms with Crippen LogP contribution in [0.25, 0.3) is 0 Å². The number of likely N-dealkylation sites (N-methyl/N-ethyl adjacent to an activating group) is 1. The summed E-state index contributed by atoms with van der Waals surface area (Å²) in [7, 11) is 1.76. The lowest BCUT2D eigenvalue weighted by Gasteiger charge is -2.31. The number of carbonyl (C=O) groups excluding carboxylic acids is 1. The molecule has 1 unspecified atom stereocenters. The highest BCUT2D eigenvalue weighted by Crippen LogP contribution is 2.26. The van der Waals surface area contributed by atoms with Gasteiger partial charge in [-0.2, -0.15) is 0 Å². The average molecular weight is 408 g/mol. The third kappa shape index (κ3) is 7.32. The largest absolute Gasteiger partial charge is 0.356 e. The van der Waals surface area contributed by atoms with Crippen molar-refractivity contribution in [3.8, 4) is 0 Å². The van der Waals surface area contributed by atoms with Crippen LogP contribution in [-0.2, 0) is 4.79 Å². The third-order valence-electron chi connectivity index (χ3n) is 5.02. The van der Waals surface area contributed by atoms with E-state index in [2.05, 4.69) is 45.8 Å². The van der Waals surface area contributed by atoms with Crippen molar-refractivity contribution in [3.05, 3.63) is 34.9 Å². The smallest absolute Gasteiger partial charge is 0.220 e. The molecule has 0 saturated heterocycles. The van der Waals surface area contributed by atoms with E-state index in [9.17, 15) is 4.79 Å². The maximum absolute atomic E-state index is 11.7. The molecular formula is C21H34ClN5O. The number of aliphatic imine (C=N–C) groups is 1. The Hall–Kier alpha value is -1.79. The van der Waals surface area contributed by atoms with E-state index < -0.39 is 0 Å². The lowest BCUT2D eigenvalue weighted by atomic mass is 10.0. The van der Waals surface area contributed by atoms with Crippen molar-refractivity contribution in [2.45, 2.75) is 51.6 Å². The van der Waals surface area contributed by atoms with E-state index in [1.54, 1.807) is 7.05 Å². The van der Waals surface area contributed by atoms with Crippen molar-refractivity contribution >= 4 is 23.5 Å². The molecule has 0 bridgehead atoms. The Labute approximate surface area is 174 Å². The maximum Gasteiger partial charge on any atom is 0.220 e. The second-order valence-corrected chi connectivity index (χ2v) is 7.49. The normalized spacial score (nSPS) is 15.4. The summed E-state index contributed by atoms with van der Waals surface area (Å²) in [6, 6.07) is 8.59. The lowest BCUT2D eigenvalue weighted by Crippen LogP contribution is -2.43. The average Bonchev–Trinajstić information content (AvgIpc) is 3.51. The molecule has 3 N–H and O–H groups in total. The van der Waals surface area contributed by atoms with Gasteiger partial charge >= 0.3 is 0 Å². The fourth-order valence-electron chi connectivity index (χ4n) is 3.24. The summed E-state index contributed by atoms with van der Waals surface area (Å²) in [6.45, 7) is 7.61. The van der Waals surface area contributed by atoms with Crippen LogP contribution in [0.15, 0.2) is 29.3 Å². The number of guanidine groups is 1.